The normalized spacial score (nSPS) is 18.8. The second-order valence-electron chi connectivity index (χ2n) is 5.24. The summed E-state index contributed by atoms with van der Waals surface area (Å²) >= 11 is 5.10. The smallest absolute Gasteiger partial charge is 0.282 e. The number of nitro benzene ring substituents is 1. The first-order chi connectivity index (χ1) is 11.6. The van der Waals surface area contributed by atoms with E-state index < -0.39 is 4.92 Å². The number of nitrogens with one attached hydrogen (secondary N) is 2. The molecular weight excluding hydrogens is 336 g/mol. The Bertz CT molecular complexity index is 675. The lowest BCUT2D eigenvalue weighted by molar-refractivity contribution is -0.385. The molecule has 9 nitrogen and oxygen atoms in total. The maximum Gasteiger partial charge on any atom is 0.282 e. The summed E-state index contributed by atoms with van der Waals surface area (Å²) in [5.41, 5.74) is 2.80. The summed E-state index contributed by atoms with van der Waals surface area (Å²) in [5, 5.41) is 18.4. The summed E-state index contributed by atoms with van der Waals surface area (Å²) < 4.78 is 15.8. The molecule has 1 fully saturated rings. The van der Waals surface area contributed by atoms with Crippen LogP contribution in [0.25, 0.3) is 0 Å². The second-order valence-corrected chi connectivity index (χ2v) is 5.64. The zero-order chi connectivity index (χ0) is 16.9. The Morgan fingerprint density at radius 1 is 1.46 bits per heavy atom. The van der Waals surface area contributed by atoms with Crippen molar-refractivity contribution in [3.8, 4) is 11.5 Å². The molecule has 1 atom stereocenters. The van der Waals surface area contributed by atoms with Gasteiger partial charge in [-0.15, -0.1) is 0 Å². The largest absolute Gasteiger partial charge is 0.454 e. The molecule has 0 spiro atoms. The molecule has 128 valence electrons. The molecule has 2 aliphatic heterocycles. The van der Waals surface area contributed by atoms with Gasteiger partial charge in [-0.2, -0.15) is 5.10 Å². The van der Waals surface area contributed by atoms with Gasteiger partial charge in [-0.3, -0.25) is 15.5 Å². The van der Waals surface area contributed by atoms with E-state index in [-0.39, 0.29) is 18.6 Å². The van der Waals surface area contributed by atoms with Crippen LogP contribution in [-0.2, 0) is 4.74 Å². The van der Waals surface area contributed by atoms with Gasteiger partial charge in [0.1, 0.15) is 0 Å². The van der Waals surface area contributed by atoms with Gasteiger partial charge in [0.15, 0.2) is 16.6 Å². The second kappa shape index (κ2) is 7.41. The minimum atomic E-state index is -0.503. The highest BCUT2D eigenvalue weighted by Crippen LogP contribution is 2.37. The van der Waals surface area contributed by atoms with Gasteiger partial charge in [0.05, 0.1) is 28.9 Å². The standard InChI is InChI=1S/C14H16N4O5S/c19-18(20)11-5-13-12(22-8-23-13)4-9(11)6-16-17-14(24)15-7-10-2-1-3-21-10/h4-6,10H,1-3,7-8H2,(H2,15,17,24)/b16-6-/t10-/m0/s1. The van der Waals surface area contributed by atoms with Gasteiger partial charge in [-0.05, 0) is 31.1 Å². The molecule has 3 rings (SSSR count). The summed E-state index contributed by atoms with van der Waals surface area (Å²) in [4.78, 5) is 10.6. The predicted octanol–water partition coefficient (Wildman–Crippen LogP) is 1.30. The van der Waals surface area contributed by atoms with Crippen LogP contribution in [0, 0.1) is 10.1 Å². The van der Waals surface area contributed by atoms with Crippen molar-refractivity contribution in [2.45, 2.75) is 18.9 Å². The molecule has 2 N–H and O–H groups in total. The Hall–Kier alpha value is -2.46. The fraction of sp³-hybridized carbons (Fsp3) is 0.429. The number of ether oxygens (including phenoxy) is 3. The van der Waals surface area contributed by atoms with Gasteiger partial charge in [0.25, 0.3) is 5.69 Å². The lowest BCUT2D eigenvalue weighted by Gasteiger charge is -2.11. The van der Waals surface area contributed by atoms with Crippen LogP contribution in [0.4, 0.5) is 5.69 Å². The molecule has 24 heavy (non-hydrogen) atoms. The number of fused-ring (bicyclic) bond motifs is 1. The van der Waals surface area contributed by atoms with Crippen molar-refractivity contribution in [3.05, 3.63) is 27.8 Å². The lowest BCUT2D eigenvalue weighted by Crippen LogP contribution is -2.37. The minimum absolute atomic E-state index is 0.0442. The molecule has 0 unspecified atom stereocenters. The Morgan fingerprint density at radius 2 is 2.25 bits per heavy atom. The van der Waals surface area contributed by atoms with Gasteiger partial charge >= 0.3 is 0 Å². The highest BCUT2D eigenvalue weighted by molar-refractivity contribution is 7.80. The van der Waals surface area contributed by atoms with Crippen LogP contribution in [0.5, 0.6) is 11.5 Å². The third kappa shape index (κ3) is 3.89. The molecule has 2 aliphatic rings. The minimum Gasteiger partial charge on any atom is -0.454 e. The fourth-order valence-electron chi connectivity index (χ4n) is 2.42. The average molecular weight is 352 g/mol. The zero-order valence-electron chi connectivity index (χ0n) is 12.7. The Morgan fingerprint density at radius 3 is 2.96 bits per heavy atom. The van der Waals surface area contributed by atoms with Gasteiger partial charge in [-0.1, -0.05) is 0 Å². The monoisotopic (exact) mass is 352 g/mol. The number of nitrogens with zero attached hydrogens (tertiary/aromatic N) is 2. The first-order valence-corrected chi connectivity index (χ1v) is 7.81. The Kier molecular flexibility index (Phi) is 5.06. The number of hydrazone groups is 1. The average Bonchev–Trinajstić information content (AvgIpc) is 3.23. The van der Waals surface area contributed by atoms with E-state index in [2.05, 4.69) is 15.8 Å². The quantitative estimate of drug-likeness (QED) is 0.353. The van der Waals surface area contributed by atoms with Crippen molar-refractivity contribution in [1.82, 2.24) is 10.7 Å². The highest BCUT2D eigenvalue weighted by Gasteiger charge is 2.22. The van der Waals surface area contributed by atoms with Crippen molar-refractivity contribution in [3.63, 3.8) is 0 Å². The summed E-state index contributed by atoms with van der Waals surface area (Å²) in [6, 6.07) is 2.83. The van der Waals surface area contributed by atoms with Crippen LogP contribution in [0.3, 0.4) is 0 Å². The van der Waals surface area contributed by atoms with Crippen LogP contribution in [0.2, 0.25) is 0 Å². The van der Waals surface area contributed by atoms with E-state index >= 15 is 0 Å². The van der Waals surface area contributed by atoms with Crippen LogP contribution in [-0.4, -0.2) is 42.3 Å². The van der Waals surface area contributed by atoms with E-state index in [0.717, 1.165) is 19.4 Å². The van der Waals surface area contributed by atoms with Crippen molar-refractivity contribution in [2.24, 2.45) is 5.10 Å². The number of hydrogen-bond donors (Lipinski definition) is 2. The molecule has 0 saturated carbocycles. The lowest BCUT2D eigenvalue weighted by atomic mass is 10.1. The fourth-order valence-corrected chi connectivity index (χ4v) is 2.56. The van der Waals surface area contributed by atoms with Gasteiger partial charge < -0.3 is 19.5 Å². The first kappa shape index (κ1) is 16.4. The summed E-state index contributed by atoms with van der Waals surface area (Å²) in [7, 11) is 0. The molecular formula is C14H16N4O5S. The number of benzene rings is 1. The molecule has 1 aromatic rings. The number of nitro groups is 1. The molecule has 0 aromatic heterocycles. The zero-order valence-corrected chi connectivity index (χ0v) is 13.5. The molecule has 1 saturated heterocycles. The first-order valence-electron chi connectivity index (χ1n) is 7.40. The molecule has 1 aromatic carbocycles. The summed E-state index contributed by atoms with van der Waals surface area (Å²) in [6.07, 6.45) is 3.53. The van der Waals surface area contributed by atoms with E-state index in [4.69, 9.17) is 26.4 Å². The van der Waals surface area contributed by atoms with Crippen LogP contribution in [0.1, 0.15) is 18.4 Å². The summed E-state index contributed by atoms with van der Waals surface area (Å²) in [5.74, 6) is 0.793. The van der Waals surface area contributed by atoms with Gasteiger partial charge in [0.2, 0.25) is 6.79 Å². The van der Waals surface area contributed by atoms with E-state index in [0.29, 0.717) is 28.7 Å². The van der Waals surface area contributed by atoms with E-state index in [9.17, 15) is 10.1 Å². The highest BCUT2D eigenvalue weighted by atomic mass is 32.1. The molecule has 2 heterocycles. The third-order valence-electron chi connectivity index (χ3n) is 3.60. The van der Waals surface area contributed by atoms with Gasteiger partial charge in [-0.25, -0.2) is 0 Å². The molecule has 0 aliphatic carbocycles. The molecule has 0 bridgehead atoms. The molecule has 10 heteroatoms. The number of thiocarbonyl (C=S) groups is 1. The van der Waals surface area contributed by atoms with Crippen molar-refractivity contribution in [1.29, 1.82) is 0 Å². The van der Waals surface area contributed by atoms with Crippen LogP contribution in [0.15, 0.2) is 17.2 Å². The Balaban J connectivity index is 1.59. The summed E-state index contributed by atoms with van der Waals surface area (Å²) in [6.45, 7) is 1.42. The van der Waals surface area contributed by atoms with Crippen molar-refractivity contribution >= 4 is 29.2 Å². The van der Waals surface area contributed by atoms with Crippen molar-refractivity contribution < 1.29 is 19.1 Å². The van der Waals surface area contributed by atoms with Gasteiger partial charge in [0, 0.05) is 13.2 Å². The Labute approximate surface area is 143 Å². The maximum atomic E-state index is 11.1. The third-order valence-corrected chi connectivity index (χ3v) is 3.84. The van der Waals surface area contributed by atoms with Crippen LogP contribution >= 0.6 is 12.2 Å². The predicted molar refractivity (Wildman–Crippen MR) is 89.5 cm³/mol. The molecule has 0 radical (unpaired) electrons. The molecule has 0 amide bonds. The SMILES string of the molecule is O=[N+]([O-])c1cc2c(cc1/C=N\NC(=S)NC[C@@H]1CCCO1)OCO2. The van der Waals surface area contributed by atoms with Crippen LogP contribution < -0.4 is 20.2 Å². The maximum absolute atomic E-state index is 11.1. The topological polar surface area (TPSA) is 107 Å². The van der Waals surface area contributed by atoms with E-state index in [1.807, 2.05) is 0 Å². The van der Waals surface area contributed by atoms with E-state index in [1.165, 1.54) is 18.3 Å². The number of hydrogen-bond acceptors (Lipinski definition) is 7. The van der Waals surface area contributed by atoms with E-state index in [1.54, 1.807) is 0 Å². The number of rotatable bonds is 5. The van der Waals surface area contributed by atoms with Crippen molar-refractivity contribution in [2.75, 3.05) is 19.9 Å².